The first-order valence-electron chi connectivity index (χ1n) is 8.13. The second-order valence-corrected chi connectivity index (χ2v) is 8.76. The molecule has 27 heavy (non-hydrogen) atoms. The monoisotopic (exact) mass is 416 g/mol. The van der Waals surface area contributed by atoms with Crippen LogP contribution in [0.3, 0.4) is 0 Å². The molecule has 1 amide bonds. The number of hydrogen-bond donors (Lipinski definition) is 0. The quantitative estimate of drug-likeness (QED) is 0.688. The highest BCUT2D eigenvalue weighted by atomic mass is 32.2. The van der Waals surface area contributed by atoms with Gasteiger partial charge in [0.05, 0.1) is 5.75 Å². The van der Waals surface area contributed by atoms with Crippen LogP contribution in [0, 0.1) is 11.6 Å². The summed E-state index contributed by atoms with van der Waals surface area (Å²) < 4.78 is 55.6. The van der Waals surface area contributed by atoms with Crippen molar-refractivity contribution in [2.45, 2.75) is 10.1 Å². The number of halogens is 2. The SMILES string of the molecule is Cn1ccnc1SCC(=O)N1CCN(S(=O)(=O)c2c(F)cccc2F)CC1. The lowest BCUT2D eigenvalue weighted by Gasteiger charge is -2.34. The van der Waals surface area contributed by atoms with Gasteiger partial charge in [0.2, 0.25) is 15.9 Å². The molecule has 0 N–H and O–H groups in total. The second-order valence-electron chi connectivity index (χ2n) is 5.95. The molecule has 1 fully saturated rings. The molecule has 2 heterocycles. The lowest BCUT2D eigenvalue weighted by Crippen LogP contribution is -2.51. The number of carbonyl (C=O) groups excluding carboxylic acids is 1. The zero-order valence-electron chi connectivity index (χ0n) is 14.5. The highest BCUT2D eigenvalue weighted by molar-refractivity contribution is 7.99. The van der Waals surface area contributed by atoms with E-state index in [9.17, 15) is 22.0 Å². The van der Waals surface area contributed by atoms with Gasteiger partial charge in [-0.2, -0.15) is 4.31 Å². The highest BCUT2D eigenvalue weighted by Gasteiger charge is 2.34. The minimum Gasteiger partial charge on any atom is -0.339 e. The number of amides is 1. The number of thioether (sulfide) groups is 1. The maximum atomic E-state index is 13.9. The summed E-state index contributed by atoms with van der Waals surface area (Å²) in [7, 11) is -2.47. The molecule has 0 spiro atoms. The number of imidazole rings is 1. The van der Waals surface area contributed by atoms with Crippen LogP contribution in [0.4, 0.5) is 8.78 Å². The smallest absolute Gasteiger partial charge is 0.249 e. The molecule has 3 rings (SSSR count). The summed E-state index contributed by atoms with van der Waals surface area (Å²) in [6.45, 7) is 0.286. The van der Waals surface area contributed by atoms with Gasteiger partial charge in [-0.3, -0.25) is 4.79 Å². The minimum absolute atomic E-state index is 0.0189. The van der Waals surface area contributed by atoms with Crippen molar-refractivity contribution in [2.24, 2.45) is 7.05 Å². The summed E-state index contributed by atoms with van der Waals surface area (Å²) in [5.74, 6) is -2.21. The van der Waals surface area contributed by atoms with Gasteiger partial charge in [-0.05, 0) is 12.1 Å². The van der Waals surface area contributed by atoms with Gasteiger partial charge in [0.1, 0.15) is 11.6 Å². The molecule has 2 aromatic rings. The van der Waals surface area contributed by atoms with E-state index in [1.54, 1.807) is 21.9 Å². The van der Waals surface area contributed by atoms with Crippen LogP contribution in [-0.2, 0) is 21.9 Å². The minimum atomic E-state index is -4.30. The fourth-order valence-corrected chi connectivity index (χ4v) is 5.11. The summed E-state index contributed by atoms with van der Waals surface area (Å²) in [6, 6.07) is 2.93. The Morgan fingerprint density at radius 2 is 1.81 bits per heavy atom. The molecule has 0 unspecified atom stereocenters. The second kappa shape index (κ2) is 7.95. The van der Waals surface area contributed by atoms with E-state index in [-0.39, 0.29) is 37.8 Å². The average molecular weight is 416 g/mol. The van der Waals surface area contributed by atoms with Crippen LogP contribution in [0.15, 0.2) is 40.6 Å². The van der Waals surface area contributed by atoms with Crippen molar-refractivity contribution in [1.82, 2.24) is 18.8 Å². The summed E-state index contributed by atoms with van der Waals surface area (Å²) in [5, 5.41) is 0.708. The van der Waals surface area contributed by atoms with E-state index in [0.717, 1.165) is 22.5 Å². The van der Waals surface area contributed by atoms with Crippen molar-refractivity contribution >= 4 is 27.7 Å². The molecule has 0 bridgehead atoms. The van der Waals surface area contributed by atoms with Crippen LogP contribution in [0.25, 0.3) is 0 Å². The molecule has 0 atom stereocenters. The predicted molar refractivity (Wildman–Crippen MR) is 95.6 cm³/mol. The zero-order chi connectivity index (χ0) is 19.6. The predicted octanol–water partition coefficient (Wildman–Crippen LogP) is 1.32. The third-order valence-corrected chi connectivity index (χ3v) is 7.20. The number of aromatic nitrogens is 2. The molecule has 0 radical (unpaired) electrons. The molecule has 7 nitrogen and oxygen atoms in total. The molecule has 1 aliphatic rings. The lowest BCUT2D eigenvalue weighted by atomic mass is 10.3. The molecule has 0 saturated carbocycles. The molecule has 146 valence electrons. The molecule has 1 aliphatic heterocycles. The maximum absolute atomic E-state index is 13.9. The van der Waals surface area contributed by atoms with E-state index in [0.29, 0.717) is 5.16 Å². The highest BCUT2D eigenvalue weighted by Crippen LogP contribution is 2.24. The van der Waals surface area contributed by atoms with Crippen molar-refractivity contribution < 1.29 is 22.0 Å². The summed E-state index contributed by atoms with van der Waals surface area (Å²) in [5.41, 5.74) is 0. The first kappa shape index (κ1) is 19.8. The van der Waals surface area contributed by atoms with Gasteiger partial charge in [0, 0.05) is 45.6 Å². The molecule has 0 aliphatic carbocycles. The lowest BCUT2D eigenvalue weighted by molar-refractivity contribution is -0.129. The Balaban J connectivity index is 1.61. The van der Waals surface area contributed by atoms with Crippen molar-refractivity contribution in [3.8, 4) is 0 Å². The number of piperazine rings is 1. The van der Waals surface area contributed by atoms with E-state index >= 15 is 0 Å². The largest absolute Gasteiger partial charge is 0.339 e. The van der Waals surface area contributed by atoms with Crippen LogP contribution in [0.5, 0.6) is 0 Å². The number of sulfonamides is 1. The zero-order valence-corrected chi connectivity index (χ0v) is 16.1. The Morgan fingerprint density at radius 1 is 1.19 bits per heavy atom. The topological polar surface area (TPSA) is 75.5 Å². The Hall–Kier alpha value is -1.98. The van der Waals surface area contributed by atoms with E-state index in [1.807, 2.05) is 7.05 Å². The number of carbonyl (C=O) groups is 1. The number of aryl methyl sites for hydroxylation is 1. The fourth-order valence-electron chi connectivity index (χ4n) is 2.74. The van der Waals surface area contributed by atoms with Crippen LogP contribution < -0.4 is 0 Å². The number of benzene rings is 1. The maximum Gasteiger partial charge on any atom is 0.249 e. The van der Waals surface area contributed by atoms with E-state index in [4.69, 9.17) is 0 Å². The number of nitrogens with zero attached hydrogens (tertiary/aromatic N) is 4. The Labute approximate surface area is 160 Å². The van der Waals surface area contributed by atoms with Crippen LogP contribution >= 0.6 is 11.8 Å². The van der Waals surface area contributed by atoms with Crippen LogP contribution in [0.2, 0.25) is 0 Å². The molecular formula is C16H18F2N4O3S2. The Bertz CT molecular complexity index is 921. The third kappa shape index (κ3) is 4.14. The van der Waals surface area contributed by atoms with Crippen molar-refractivity contribution in [2.75, 3.05) is 31.9 Å². The normalized spacial score (nSPS) is 15.9. The first-order chi connectivity index (χ1) is 12.8. The van der Waals surface area contributed by atoms with Gasteiger partial charge in [-0.15, -0.1) is 0 Å². The first-order valence-corrected chi connectivity index (χ1v) is 10.6. The molecule has 1 saturated heterocycles. The summed E-state index contributed by atoms with van der Waals surface area (Å²) in [4.78, 5) is 17.0. The van der Waals surface area contributed by atoms with Crippen molar-refractivity contribution in [3.63, 3.8) is 0 Å². The summed E-state index contributed by atoms with van der Waals surface area (Å²) in [6.07, 6.45) is 3.41. The van der Waals surface area contributed by atoms with Gasteiger partial charge in [0.15, 0.2) is 10.1 Å². The number of hydrogen-bond acceptors (Lipinski definition) is 5. The molecule has 1 aromatic heterocycles. The molecule has 11 heteroatoms. The van der Waals surface area contributed by atoms with Crippen LogP contribution in [-0.4, -0.2) is 65.0 Å². The van der Waals surface area contributed by atoms with Crippen molar-refractivity contribution in [1.29, 1.82) is 0 Å². The Kier molecular flexibility index (Phi) is 5.82. The standard InChI is InChI=1S/C16H18F2N4O3S2/c1-20-6-5-19-16(20)26-11-14(23)21-7-9-22(10-8-21)27(24,25)15-12(17)3-2-4-13(15)18/h2-6H,7-11H2,1H3. The van der Waals surface area contributed by atoms with Gasteiger partial charge in [0.25, 0.3) is 0 Å². The van der Waals surface area contributed by atoms with E-state index in [2.05, 4.69) is 4.98 Å². The molecular weight excluding hydrogens is 398 g/mol. The number of rotatable bonds is 5. The van der Waals surface area contributed by atoms with Gasteiger partial charge >= 0.3 is 0 Å². The fraction of sp³-hybridized carbons (Fsp3) is 0.375. The van der Waals surface area contributed by atoms with Gasteiger partial charge in [-0.25, -0.2) is 22.2 Å². The van der Waals surface area contributed by atoms with Gasteiger partial charge < -0.3 is 9.47 Å². The van der Waals surface area contributed by atoms with Crippen molar-refractivity contribution in [3.05, 3.63) is 42.2 Å². The molecule has 1 aromatic carbocycles. The summed E-state index contributed by atoms with van der Waals surface area (Å²) >= 11 is 1.29. The van der Waals surface area contributed by atoms with Gasteiger partial charge in [-0.1, -0.05) is 17.8 Å². The third-order valence-electron chi connectivity index (χ3n) is 4.21. The average Bonchev–Trinajstić information content (AvgIpc) is 3.04. The Morgan fingerprint density at radius 3 is 2.37 bits per heavy atom. The van der Waals surface area contributed by atoms with Crippen LogP contribution in [0.1, 0.15) is 0 Å². The van der Waals surface area contributed by atoms with E-state index < -0.39 is 26.6 Å². The van der Waals surface area contributed by atoms with E-state index in [1.165, 1.54) is 11.8 Å².